The molecule has 0 radical (unpaired) electrons. The smallest absolute Gasteiger partial charge is 0.213 e. The van der Waals surface area contributed by atoms with E-state index in [1.807, 2.05) is 19.1 Å². The first-order valence-electron chi connectivity index (χ1n) is 9.45. The summed E-state index contributed by atoms with van der Waals surface area (Å²) in [6, 6.07) is 3.92. The maximum Gasteiger partial charge on any atom is 0.213 e. The van der Waals surface area contributed by atoms with E-state index in [0.29, 0.717) is 25.1 Å². The van der Waals surface area contributed by atoms with Gasteiger partial charge in [-0.3, -0.25) is 4.99 Å². The Bertz CT molecular complexity index is 522. The highest BCUT2D eigenvalue weighted by molar-refractivity contribution is 14.0. The zero-order valence-electron chi connectivity index (χ0n) is 16.0. The van der Waals surface area contributed by atoms with Gasteiger partial charge in [0.05, 0.1) is 12.7 Å². The molecule has 1 aliphatic rings. The van der Waals surface area contributed by atoms with Gasteiger partial charge in [0.15, 0.2) is 5.96 Å². The number of nitrogens with one attached hydrogen (secondary N) is 2. The van der Waals surface area contributed by atoms with Crippen LogP contribution in [0.3, 0.4) is 0 Å². The topological polar surface area (TPSA) is 67.8 Å². The average Bonchev–Trinajstić information content (AvgIpc) is 2.65. The Hall–Kier alpha value is -1.09. The van der Waals surface area contributed by atoms with Gasteiger partial charge < -0.3 is 20.1 Å². The first-order chi connectivity index (χ1) is 12.3. The van der Waals surface area contributed by atoms with Crippen LogP contribution in [0.5, 0.6) is 5.88 Å². The molecule has 0 unspecified atom stereocenters. The van der Waals surface area contributed by atoms with Gasteiger partial charge in [0.1, 0.15) is 0 Å². The number of ether oxygens (including phenoxy) is 2. The molecule has 1 saturated carbocycles. The summed E-state index contributed by atoms with van der Waals surface area (Å²) in [5, 5.41) is 6.64. The molecule has 1 aromatic heterocycles. The summed E-state index contributed by atoms with van der Waals surface area (Å²) in [6.07, 6.45) is 9.70. The van der Waals surface area contributed by atoms with Gasteiger partial charge in [0.25, 0.3) is 0 Å². The molecule has 0 saturated heterocycles. The lowest BCUT2D eigenvalue weighted by Gasteiger charge is -2.22. The number of hydrogen-bond acceptors (Lipinski definition) is 4. The zero-order valence-corrected chi connectivity index (χ0v) is 18.3. The summed E-state index contributed by atoms with van der Waals surface area (Å²) in [7, 11) is 1.78. The molecule has 0 atom stereocenters. The van der Waals surface area contributed by atoms with Crippen molar-refractivity contribution in [3.05, 3.63) is 23.9 Å². The van der Waals surface area contributed by atoms with Crippen molar-refractivity contribution in [2.24, 2.45) is 4.99 Å². The van der Waals surface area contributed by atoms with Gasteiger partial charge in [-0.15, -0.1) is 24.0 Å². The molecule has 148 valence electrons. The fraction of sp³-hybridized carbons (Fsp3) is 0.684. The Kier molecular flexibility index (Phi) is 12.4. The second-order valence-electron chi connectivity index (χ2n) is 6.27. The third-order valence-electron chi connectivity index (χ3n) is 4.29. The van der Waals surface area contributed by atoms with E-state index in [1.54, 1.807) is 13.2 Å². The van der Waals surface area contributed by atoms with E-state index >= 15 is 0 Å². The molecule has 26 heavy (non-hydrogen) atoms. The van der Waals surface area contributed by atoms with E-state index in [1.165, 1.54) is 32.1 Å². The van der Waals surface area contributed by atoms with Crippen LogP contribution in [0.1, 0.15) is 51.0 Å². The maximum atomic E-state index is 5.94. The molecule has 2 rings (SSSR count). The second kappa shape index (κ2) is 14.0. The van der Waals surface area contributed by atoms with E-state index in [9.17, 15) is 0 Å². The Balaban J connectivity index is 0.00000338. The number of halogens is 1. The predicted octanol–water partition coefficient (Wildman–Crippen LogP) is 3.50. The van der Waals surface area contributed by atoms with Gasteiger partial charge in [-0.25, -0.2) is 4.98 Å². The first-order valence-corrected chi connectivity index (χ1v) is 9.45. The number of hydrogen-bond donors (Lipinski definition) is 2. The molecule has 0 amide bonds. The van der Waals surface area contributed by atoms with E-state index < -0.39 is 0 Å². The van der Waals surface area contributed by atoms with Crippen LogP contribution in [0.2, 0.25) is 0 Å². The van der Waals surface area contributed by atoms with Gasteiger partial charge in [-0.1, -0.05) is 19.3 Å². The minimum absolute atomic E-state index is 0. The lowest BCUT2D eigenvalue weighted by atomic mass is 9.98. The number of aliphatic imine (C=N–C) groups is 1. The highest BCUT2D eigenvalue weighted by Gasteiger charge is 2.12. The lowest BCUT2D eigenvalue weighted by molar-refractivity contribution is 0.0277. The monoisotopic (exact) mass is 476 g/mol. The largest absolute Gasteiger partial charge is 0.478 e. The Labute approximate surface area is 174 Å². The highest BCUT2D eigenvalue weighted by Crippen LogP contribution is 2.20. The molecule has 1 aliphatic carbocycles. The highest BCUT2D eigenvalue weighted by atomic mass is 127. The second-order valence-corrected chi connectivity index (χ2v) is 6.27. The van der Waals surface area contributed by atoms with Crippen molar-refractivity contribution >= 4 is 29.9 Å². The summed E-state index contributed by atoms with van der Waals surface area (Å²) >= 11 is 0. The van der Waals surface area contributed by atoms with Crippen molar-refractivity contribution in [1.82, 2.24) is 15.6 Å². The molecule has 0 aromatic carbocycles. The Morgan fingerprint density at radius 2 is 2.08 bits per heavy atom. The van der Waals surface area contributed by atoms with Gasteiger partial charge in [0, 0.05) is 39.0 Å². The minimum atomic E-state index is 0. The van der Waals surface area contributed by atoms with Crippen molar-refractivity contribution in [3.8, 4) is 5.88 Å². The molecule has 2 N–H and O–H groups in total. The molecule has 0 bridgehead atoms. The molecule has 0 spiro atoms. The summed E-state index contributed by atoms with van der Waals surface area (Å²) < 4.78 is 11.4. The van der Waals surface area contributed by atoms with Crippen LogP contribution in [0.4, 0.5) is 0 Å². The van der Waals surface area contributed by atoms with Gasteiger partial charge >= 0.3 is 0 Å². The van der Waals surface area contributed by atoms with E-state index in [-0.39, 0.29) is 24.0 Å². The minimum Gasteiger partial charge on any atom is -0.478 e. The fourth-order valence-electron chi connectivity index (χ4n) is 2.95. The van der Waals surface area contributed by atoms with Crippen LogP contribution < -0.4 is 15.4 Å². The normalized spacial score (nSPS) is 15.2. The number of pyridine rings is 1. The first kappa shape index (κ1) is 23.0. The van der Waals surface area contributed by atoms with E-state index in [0.717, 1.165) is 31.1 Å². The van der Waals surface area contributed by atoms with Gasteiger partial charge in [-0.05, 0) is 37.8 Å². The van der Waals surface area contributed by atoms with E-state index in [4.69, 9.17) is 9.47 Å². The summed E-state index contributed by atoms with van der Waals surface area (Å²) in [5.74, 6) is 1.46. The van der Waals surface area contributed by atoms with Crippen molar-refractivity contribution in [2.45, 2.75) is 58.1 Å². The standard InChI is InChI=1S/C19H32N4O2.HI/c1-3-24-18-14-16(10-12-21-18)15-23-19(20-2)22-11-7-13-25-17-8-5-4-6-9-17;/h10,12,14,17H,3-9,11,13,15H2,1-2H3,(H2,20,22,23);1H. The molecular formula is C19H33IN4O2. The Morgan fingerprint density at radius 1 is 1.27 bits per heavy atom. The van der Waals surface area contributed by atoms with Gasteiger partial charge in [-0.2, -0.15) is 0 Å². The van der Waals surface area contributed by atoms with E-state index in [2.05, 4.69) is 20.6 Å². The quantitative estimate of drug-likeness (QED) is 0.247. The lowest BCUT2D eigenvalue weighted by Crippen LogP contribution is -2.37. The van der Waals surface area contributed by atoms with Crippen LogP contribution in [-0.4, -0.2) is 43.9 Å². The predicted molar refractivity (Wildman–Crippen MR) is 116 cm³/mol. The van der Waals surface area contributed by atoms with Crippen molar-refractivity contribution in [2.75, 3.05) is 26.8 Å². The molecule has 1 heterocycles. The van der Waals surface area contributed by atoms with Crippen LogP contribution in [0.25, 0.3) is 0 Å². The SMILES string of the molecule is CCOc1cc(CNC(=NC)NCCCOC2CCCCC2)ccn1.I. The van der Waals surface area contributed by atoms with Crippen LogP contribution >= 0.6 is 24.0 Å². The summed E-state index contributed by atoms with van der Waals surface area (Å²) in [4.78, 5) is 8.43. The number of aromatic nitrogens is 1. The number of guanidine groups is 1. The molecule has 7 heteroatoms. The Morgan fingerprint density at radius 3 is 2.81 bits per heavy atom. The van der Waals surface area contributed by atoms with Crippen LogP contribution in [0.15, 0.2) is 23.3 Å². The molecule has 1 fully saturated rings. The maximum absolute atomic E-state index is 5.94. The van der Waals surface area contributed by atoms with Crippen molar-refractivity contribution in [1.29, 1.82) is 0 Å². The summed E-state index contributed by atoms with van der Waals surface area (Å²) in [5.41, 5.74) is 1.11. The summed E-state index contributed by atoms with van der Waals surface area (Å²) in [6.45, 7) is 4.93. The van der Waals surface area contributed by atoms with Crippen molar-refractivity contribution in [3.63, 3.8) is 0 Å². The fourth-order valence-corrected chi connectivity index (χ4v) is 2.95. The molecule has 0 aliphatic heterocycles. The van der Waals surface area contributed by atoms with Gasteiger partial charge in [0.2, 0.25) is 5.88 Å². The number of rotatable bonds is 9. The average molecular weight is 476 g/mol. The number of nitrogens with zero attached hydrogens (tertiary/aromatic N) is 2. The third-order valence-corrected chi connectivity index (χ3v) is 4.29. The molecule has 6 nitrogen and oxygen atoms in total. The molecular weight excluding hydrogens is 443 g/mol. The zero-order chi connectivity index (χ0) is 17.7. The van der Waals surface area contributed by atoms with Crippen LogP contribution in [-0.2, 0) is 11.3 Å². The third kappa shape index (κ3) is 9.02. The molecule has 1 aromatic rings. The van der Waals surface area contributed by atoms with Crippen molar-refractivity contribution < 1.29 is 9.47 Å². The van der Waals surface area contributed by atoms with Crippen LogP contribution in [0, 0.1) is 0 Å².